The Morgan fingerprint density at radius 3 is 2.35 bits per heavy atom. The van der Waals surface area contributed by atoms with Crippen LogP contribution in [0.3, 0.4) is 0 Å². The zero-order valence-electron chi connectivity index (χ0n) is 10.4. The minimum Gasteiger partial charge on any atom is -0.366 e. The van der Waals surface area contributed by atoms with Gasteiger partial charge in [-0.3, -0.25) is 0 Å². The second-order valence-corrected chi connectivity index (χ2v) is 4.10. The van der Waals surface area contributed by atoms with Gasteiger partial charge >= 0.3 is 0 Å². The summed E-state index contributed by atoms with van der Waals surface area (Å²) in [4.78, 5) is 7.84. The van der Waals surface area contributed by atoms with Crippen LogP contribution < -0.4 is 5.73 Å². The van der Waals surface area contributed by atoms with Crippen LogP contribution in [0.15, 0.2) is 48.7 Å². The summed E-state index contributed by atoms with van der Waals surface area (Å²) in [7, 11) is 0. The first-order valence-corrected chi connectivity index (χ1v) is 5.91. The Balaban J connectivity index is 2.19. The van der Waals surface area contributed by atoms with Crippen molar-refractivity contribution in [3.63, 3.8) is 0 Å². The van der Waals surface area contributed by atoms with E-state index in [-0.39, 0.29) is 5.95 Å². The van der Waals surface area contributed by atoms with Crippen molar-refractivity contribution in [2.75, 3.05) is 5.73 Å². The smallest absolute Gasteiger partial charge is 0.240 e. The summed E-state index contributed by atoms with van der Waals surface area (Å²) in [5, 5.41) is 7.81. The van der Waals surface area contributed by atoms with E-state index >= 15 is 0 Å². The zero-order chi connectivity index (χ0) is 13.9. The Labute approximate surface area is 114 Å². The first-order valence-electron chi connectivity index (χ1n) is 5.91. The largest absolute Gasteiger partial charge is 0.366 e. The predicted molar refractivity (Wildman–Crippen MR) is 72.9 cm³/mol. The molecule has 1 aromatic carbocycles. The number of hydrogen-bond acceptors (Lipinski definition) is 5. The Bertz CT molecular complexity index is 728. The highest BCUT2D eigenvalue weighted by atomic mass is 19.1. The SMILES string of the molecule is Nc1nnc(-c2ccc(F)nc2)c(-c2ccccc2)n1. The molecular weight excluding hydrogens is 257 g/mol. The molecule has 2 N–H and O–H groups in total. The van der Waals surface area contributed by atoms with Crippen LogP contribution >= 0.6 is 0 Å². The molecule has 2 aromatic heterocycles. The van der Waals surface area contributed by atoms with Gasteiger partial charge in [-0.1, -0.05) is 30.3 Å². The van der Waals surface area contributed by atoms with Gasteiger partial charge in [0.25, 0.3) is 0 Å². The van der Waals surface area contributed by atoms with E-state index in [4.69, 9.17) is 5.73 Å². The van der Waals surface area contributed by atoms with Gasteiger partial charge in [0.15, 0.2) is 0 Å². The molecule has 0 amide bonds. The van der Waals surface area contributed by atoms with E-state index < -0.39 is 5.95 Å². The Morgan fingerprint density at radius 1 is 0.850 bits per heavy atom. The topological polar surface area (TPSA) is 77.6 Å². The van der Waals surface area contributed by atoms with Crippen LogP contribution in [-0.4, -0.2) is 20.2 Å². The van der Waals surface area contributed by atoms with Gasteiger partial charge < -0.3 is 5.73 Å². The fourth-order valence-corrected chi connectivity index (χ4v) is 1.85. The second kappa shape index (κ2) is 5.00. The van der Waals surface area contributed by atoms with E-state index in [1.54, 1.807) is 6.07 Å². The van der Waals surface area contributed by atoms with Gasteiger partial charge in [-0.25, -0.2) is 9.97 Å². The lowest BCUT2D eigenvalue weighted by atomic mass is 10.1. The van der Waals surface area contributed by atoms with Crippen LogP contribution in [-0.2, 0) is 0 Å². The van der Waals surface area contributed by atoms with E-state index in [0.29, 0.717) is 17.0 Å². The molecule has 0 aliphatic rings. The first-order chi connectivity index (χ1) is 9.74. The van der Waals surface area contributed by atoms with Gasteiger partial charge in [0, 0.05) is 17.3 Å². The molecule has 0 saturated heterocycles. The molecule has 6 heteroatoms. The van der Waals surface area contributed by atoms with E-state index in [2.05, 4.69) is 20.2 Å². The molecule has 0 radical (unpaired) electrons. The molecule has 0 fully saturated rings. The van der Waals surface area contributed by atoms with Crippen LogP contribution in [0.25, 0.3) is 22.5 Å². The molecule has 5 nitrogen and oxygen atoms in total. The fraction of sp³-hybridized carbons (Fsp3) is 0. The molecule has 0 unspecified atom stereocenters. The fourth-order valence-electron chi connectivity index (χ4n) is 1.85. The van der Waals surface area contributed by atoms with Gasteiger partial charge in [0.05, 0.1) is 0 Å². The molecule has 3 aromatic rings. The van der Waals surface area contributed by atoms with Crippen molar-refractivity contribution in [1.82, 2.24) is 20.2 Å². The number of pyridine rings is 1. The van der Waals surface area contributed by atoms with Crippen LogP contribution in [0.2, 0.25) is 0 Å². The number of halogens is 1. The lowest BCUT2D eigenvalue weighted by molar-refractivity contribution is 0.584. The average molecular weight is 267 g/mol. The van der Waals surface area contributed by atoms with E-state index in [1.807, 2.05) is 30.3 Å². The lowest BCUT2D eigenvalue weighted by Gasteiger charge is -2.07. The molecule has 0 spiro atoms. The number of nitrogens with two attached hydrogens (primary N) is 1. The van der Waals surface area contributed by atoms with Gasteiger partial charge in [-0.05, 0) is 12.1 Å². The maximum atomic E-state index is 12.9. The summed E-state index contributed by atoms with van der Waals surface area (Å²) in [5.74, 6) is -0.464. The zero-order valence-corrected chi connectivity index (χ0v) is 10.4. The molecule has 3 rings (SSSR count). The van der Waals surface area contributed by atoms with Crippen LogP contribution in [0, 0.1) is 5.95 Å². The van der Waals surface area contributed by atoms with E-state index in [1.165, 1.54) is 12.3 Å². The van der Waals surface area contributed by atoms with E-state index in [0.717, 1.165) is 5.56 Å². The normalized spacial score (nSPS) is 10.4. The summed E-state index contributed by atoms with van der Waals surface area (Å²) < 4.78 is 12.9. The number of nitrogens with zero attached hydrogens (tertiary/aromatic N) is 4. The Kier molecular flexibility index (Phi) is 3.04. The summed E-state index contributed by atoms with van der Waals surface area (Å²) in [6, 6.07) is 12.3. The number of anilines is 1. The number of aromatic nitrogens is 4. The molecule has 0 aliphatic heterocycles. The standard InChI is InChI=1S/C14H10FN5/c15-11-7-6-10(8-17-11)13-12(18-14(16)20-19-13)9-4-2-1-3-5-9/h1-8H,(H2,16,18,20). The van der Waals surface area contributed by atoms with Gasteiger partial charge in [-0.15, -0.1) is 10.2 Å². The minimum atomic E-state index is -0.550. The second-order valence-electron chi connectivity index (χ2n) is 4.10. The van der Waals surface area contributed by atoms with Crippen LogP contribution in [0.5, 0.6) is 0 Å². The summed E-state index contributed by atoms with van der Waals surface area (Å²) in [6.07, 6.45) is 1.39. The molecule has 0 bridgehead atoms. The quantitative estimate of drug-likeness (QED) is 0.721. The highest BCUT2D eigenvalue weighted by Crippen LogP contribution is 2.27. The summed E-state index contributed by atoms with van der Waals surface area (Å²) >= 11 is 0. The van der Waals surface area contributed by atoms with Crippen molar-refractivity contribution < 1.29 is 4.39 Å². The van der Waals surface area contributed by atoms with Crippen molar-refractivity contribution in [2.45, 2.75) is 0 Å². The van der Waals surface area contributed by atoms with Gasteiger partial charge in [0.2, 0.25) is 11.9 Å². The number of benzene rings is 1. The third kappa shape index (κ3) is 2.31. The van der Waals surface area contributed by atoms with Crippen molar-refractivity contribution in [1.29, 1.82) is 0 Å². The van der Waals surface area contributed by atoms with Crippen molar-refractivity contribution >= 4 is 5.95 Å². The Morgan fingerprint density at radius 2 is 1.65 bits per heavy atom. The molecule has 20 heavy (non-hydrogen) atoms. The third-order valence-corrected chi connectivity index (χ3v) is 2.75. The summed E-state index contributed by atoms with van der Waals surface area (Å²) in [6.45, 7) is 0. The van der Waals surface area contributed by atoms with E-state index in [9.17, 15) is 4.39 Å². The number of nitrogen functional groups attached to an aromatic ring is 1. The first kappa shape index (κ1) is 12.2. The Hall–Kier alpha value is -2.89. The van der Waals surface area contributed by atoms with Crippen molar-refractivity contribution in [2.24, 2.45) is 0 Å². The van der Waals surface area contributed by atoms with Crippen LogP contribution in [0.4, 0.5) is 10.3 Å². The number of hydrogen-bond donors (Lipinski definition) is 1. The molecular formula is C14H10FN5. The van der Waals surface area contributed by atoms with Crippen molar-refractivity contribution in [3.8, 4) is 22.5 Å². The maximum absolute atomic E-state index is 12.9. The predicted octanol–water partition coefficient (Wildman–Crippen LogP) is 2.32. The minimum absolute atomic E-state index is 0.0858. The average Bonchev–Trinajstić information content (AvgIpc) is 2.49. The maximum Gasteiger partial charge on any atom is 0.240 e. The summed E-state index contributed by atoms with van der Waals surface area (Å²) in [5.41, 5.74) is 8.19. The highest BCUT2D eigenvalue weighted by molar-refractivity contribution is 5.77. The third-order valence-electron chi connectivity index (χ3n) is 2.75. The molecule has 98 valence electrons. The number of rotatable bonds is 2. The molecule has 0 atom stereocenters. The van der Waals surface area contributed by atoms with Crippen molar-refractivity contribution in [3.05, 3.63) is 54.6 Å². The van der Waals surface area contributed by atoms with Gasteiger partial charge in [0.1, 0.15) is 11.4 Å². The molecule has 0 saturated carbocycles. The lowest BCUT2D eigenvalue weighted by Crippen LogP contribution is -2.02. The molecule has 2 heterocycles. The molecule has 0 aliphatic carbocycles. The monoisotopic (exact) mass is 267 g/mol. The van der Waals surface area contributed by atoms with Crippen LogP contribution in [0.1, 0.15) is 0 Å². The van der Waals surface area contributed by atoms with Gasteiger partial charge in [-0.2, -0.15) is 4.39 Å². The highest BCUT2D eigenvalue weighted by Gasteiger charge is 2.12.